The van der Waals surface area contributed by atoms with E-state index in [1.165, 1.54) is 11.3 Å². The summed E-state index contributed by atoms with van der Waals surface area (Å²) in [6, 6.07) is 13.0. The van der Waals surface area contributed by atoms with Crippen LogP contribution in [0.1, 0.15) is 32.4 Å². The van der Waals surface area contributed by atoms with E-state index in [2.05, 4.69) is 20.1 Å². The van der Waals surface area contributed by atoms with Gasteiger partial charge in [0, 0.05) is 38.0 Å². The van der Waals surface area contributed by atoms with E-state index < -0.39 is 25.3 Å². The van der Waals surface area contributed by atoms with Crippen molar-refractivity contribution in [2.24, 2.45) is 5.14 Å². The zero-order valence-corrected chi connectivity index (χ0v) is 24.1. The normalized spacial score (nSPS) is 15.9. The van der Waals surface area contributed by atoms with E-state index in [9.17, 15) is 21.6 Å². The van der Waals surface area contributed by atoms with Crippen molar-refractivity contribution >= 4 is 47.5 Å². The van der Waals surface area contributed by atoms with Gasteiger partial charge in [-0.25, -0.2) is 18.5 Å². The third kappa shape index (κ3) is 6.37. The molecule has 16 heteroatoms. The van der Waals surface area contributed by atoms with Gasteiger partial charge in [0.2, 0.25) is 11.8 Å². The quantitative estimate of drug-likeness (QED) is 0.296. The number of carbonyl (C=O) groups is 1. The molecule has 5 rings (SSSR count). The molecule has 3 N–H and O–H groups in total. The highest BCUT2D eigenvalue weighted by Crippen LogP contribution is 2.36. The molecule has 1 atom stereocenters. The summed E-state index contributed by atoms with van der Waals surface area (Å²) in [6.45, 7) is 2.72. The number of benzene rings is 2. The van der Waals surface area contributed by atoms with Crippen LogP contribution < -0.4 is 9.86 Å². The lowest BCUT2D eigenvalue weighted by atomic mass is 10.0. The average Bonchev–Trinajstić information content (AvgIpc) is 3.53. The molecule has 0 spiro atoms. The Labute approximate surface area is 235 Å². The van der Waals surface area contributed by atoms with Crippen molar-refractivity contribution in [3.05, 3.63) is 64.8 Å². The molecule has 1 aliphatic heterocycles. The second-order valence-electron chi connectivity index (χ2n) is 9.52. The first-order valence-electron chi connectivity index (χ1n) is 12.1. The Hall–Kier alpha value is -3.28. The van der Waals surface area contributed by atoms with E-state index in [1.807, 2.05) is 53.1 Å². The van der Waals surface area contributed by atoms with E-state index in [1.54, 1.807) is 6.07 Å². The third-order valence-corrected chi connectivity index (χ3v) is 9.50. The lowest BCUT2D eigenvalue weighted by molar-refractivity contribution is 0.0664. The highest BCUT2D eigenvalue weighted by Gasteiger charge is 2.34. The van der Waals surface area contributed by atoms with Gasteiger partial charge in [-0.3, -0.25) is 4.79 Å². The lowest BCUT2D eigenvalue weighted by Crippen LogP contribution is -2.47. The van der Waals surface area contributed by atoms with Crippen LogP contribution in [0.2, 0.25) is 0 Å². The Bertz CT molecular complexity index is 1760. The number of piperazine rings is 1. The number of likely N-dealkylation sites (N-methyl/N-ethyl adjacent to an activating group) is 1. The molecule has 2 aromatic heterocycles. The van der Waals surface area contributed by atoms with Crippen molar-refractivity contribution in [3.8, 4) is 11.1 Å². The minimum absolute atomic E-state index is 0.0126. The van der Waals surface area contributed by atoms with Gasteiger partial charge in [-0.2, -0.15) is 13.1 Å². The standard InChI is InChI=1S/C24H27N7O6S3/c1-30-9-11-31(12-10-30)24(32)16-5-3-15(4-6-16)17-7-8-18-19(13-17)38-23(27-18)21(39(2,33)34)22-29-28-20(37-22)14-26-40(25,35)36/h3-8,13,21,26H,9-12,14H2,1-2H3,(H2,25,35,36). The molecule has 2 aromatic carbocycles. The molecule has 1 unspecified atom stereocenters. The SMILES string of the molecule is CN1CCN(C(=O)c2ccc(-c3ccc4nc(C(c5nnc(CNS(N)(=O)=O)o5)S(C)(=O)=O)sc4c3)cc2)CC1. The topological polar surface area (TPSA) is 182 Å². The van der Waals surface area contributed by atoms with Gasteiger partial charge in [-0.15, -0.1) is 21.5 Å². The fraction of sp³-hybridized carbons (Fsp3) is 0.333. The first-order valence-corrected chi connectivity index (χ1v) is 16.5. The molecule has 0 saturated carbocycles. The van der Waals surface area contributed by atoms with Crippen LogP contribution in [-0.2, 0) is 26.6 Å². The fourth-order valence-electron chi connectivity index (χ4n) is 4.31. The second kappa shape index (κ2) is 10.9. The smallest absolute Gasteiger partial charge is 0.274 e. The first-order chi connectivity index (χ1) is 18.9. The zero-order chi connectivity index (χ0) is 28.7. The third-order valence-electron chi connectivity index (χ3n) is 6.44. The number of sulfone groups is 1. The van der Waals surface area contributed by atoms with Gasteiger partial charge in [0.25, 0.3) is 16.1 Å². The Morgan fingerprint density at radius 1 is 1.05 bits per heavy atom. The maximum absolute atomic E-state index is 12.9. The largest absolute Gasteiger partial charge is 0.422 e. The van der Waals surface area contributed by atoms with Crippen LogP contribution in [0.4, 0.5) is 0 Å². The molecule has 1 aliphatic rings. The van der Waals surface area contributed by atoms with Crippen molar-refractivity contribution in [2.45, 2.75) is 11.8 Å². The van der Waals surface area contributed by atoms with Gasteiger partial charge in [-0.1, -0.05) is 18.2 Å². The number of thiazole rings is 1. The maximum atomic E-state index is 12.9. The predicted molar refractivity (Wildman–Crippen MR) is 149 cm³/mol. The summed E-state index contributed by atoms with van der Waals surface area (Å²) >= 11 is 1.18. The van der Waals surface area contributed by atoms with E-state index >= 15 is 0 Å². The number of nitrogens with zero attached hydrogens (tertiary/aromatic N) is 5. The van der Waals surface area contributed by atoms with Crippen LogP contribution in [0.5, 0.6) is 0 Å². The van der Waals surface area contributed by atoms with Crippen molar-refractivity contribution in [2.75, 3.05) is 39.5 Å². The van der Waals surface area contributed by atoms with Crippen LogP contribution in [-0.4, -0.2) is 87.2 Å². The van der Waals surface area contributed by atoms with Gasteiger partial charge in [0.1, 0.15) is 5.01 Å². The summed E-state index contributed by atoms with van der Waals surface area (Å²) in [5.74, 6) is -0.358. The average molecular weight is 606 g/mol. The molecule has 1 fully saturated rings. The first kappa shape index (κ1) is 28.3. The number of fused-ring (bicyclic) bond motifs is 1. The highest BCUT2D eigenvalue weighted by atomic mass is 32.2. The van der Waals surface area contributed by atoms with Crippen LogP contribution >= 0.6 is 11.3 Å². The molecule has 13 nitrogen and oxygen atoms in total. The molecule has 3 heterocycles. The number of hydrogen-bond donors (Lipinski definition) is 2. The van der Waals surface area contributed by atoms with Gasteiger partial charge >= 0.3 is 0 Å². The zero-order valence-electron chi connectivity index (χ0n) is 21.6. The number of nitrogens with two attached hydrogens (primary N) is 1. The van der Waals surface area contributed by atoms with Crippen LogP contribution in [0.25, 0.3) is 21.3 Å². The molecule has 4 aromatic rings. The number of rotatable bonds is 8. The summed E-state index contributed by atoms with van der Waals surface area (Å²) < 4.78 is 55.9. The summed E-state index contributed by atoms with van der Waals surface area (Å²) in [4.78, 5) is 21.4. The predicted octanol–water partition coefficient (Wildman–Crippen LogP) is 1.16. The monoisotopic (exact) mass is 605 g/mol. The number of carbonyl (C=O) groups excluding carboxylic acids is 1. The van der Waals surface area contributed by atoms with E-state index in [-0.39, 0.29) is 29.2 Å². The molecule has 40 heavy (non-hydrogen) atoms. The molecule has 0 radical (unpaired) electrons. The van der Waals surface area contributed by atoms with Crippen molar-refractivity contribution in [1.29, 1.82) is 0 Å². The van der Waals surface area contributed by atoms with Gasteiger partial charge in [0.05, 0.1) is 16.8 Å². The Kier molecular flexibility index (Phi) is 7.73. The minimum Gasteiger partial charge on any atom is -0.422 e. The van der Waals surface area contributed by atoms with E-state index in [0.717, 1.165) is 35.2 Å². The maximum Gasteiger partial charge on any atom is 0.274 e. The molecule has 0 aliphatic carbocycles. The van der Waals surface area contributed by atoms with Crippen LogP contribution in [0.3, 0.4) is 0 Å². The number of amides is 1. The summed E-state index contributed by atoms with van der Waals surface area (Å²) in [5, 5.41) is 11.4. The number of nitrogens with one attached hydrogen (secondary N) is 1. The van der Waals surface area contributed by atoms with Gasteiger partial charge < -0.3 is 14.2 Å². The van der Waals surface area contributed by atoms with Crippen molar-refractivity contribution < 1.29 is 26.0 Å². The number of hydrogen-bond acceptors (Lipinski definition) is 11. The van der Waals surface area contributed by atoms with E-state index in [4.69, 9.17) is 9.56 Å². The van der Waals surface area contributed by atoms with Crippen LogP contribution in [0, 0.1) is 0 Å². The molecule has 212 valence electrons. The number of aromatic nitrogens is 3. The minimum atomic E-state index is -4.00. The fourth-order valence-corrected chi connectivity index (χ4v) is 7.16. The molecular weight excluding hydrogens is 579 g/mol. The van der Waals surface area contributed by atoms with Crippen molar-refractivity contribution in [3.63, 3.8) is 0 Å². The Balaban J connectivity index is 1.38. The second-order valence-corrected chi connectivity index (χ2v) is 14.1. The van der Waals surface area contributed by atoms with Crippen molar-refractivity contribution in [1.82, 2.24) is 29.7 Å². The summed E-state index contributed by atoms with van der Waals surface area (Å²) in [6.07, 6.45) is 1.03. The molecule has 0 bridgehead atoms. The molecular formula is C24H27N7O6S3. The Morgan fingerprint density at radius 2 is 1.73 bits per heavy atom. The molecule has 1 amide bonds. The summed E-state index contributed by atoms with van der Waals surface area (Å²) in [5.41, 5.74) is 3.00. The summed E-state index contributed by atoms with van der Waals surface area (Å²) in [7, 11) is -5.74. The highest BCUT2D eigenvalue weighted by molar-refractivity contribution is 7.91. The van der Waals surface area contributed by atoms with Gasteiger partial charge in [-0.05, 0) is 42.4 Å². The van der Waals surface area contributed by atoms with Crippen LogP contribution in [0.15, 0.2) is 46.9 Å². The Morgan fingerprint density at radius 3 is 2.38 bits per heavy atom. The molecule has 1 saturated heterocycles. The van der Waals surface area contributed by atoms with Gasteiger partial charge in [0.15, 0.2) is 15.1 Å². The van der Waals surface area contributed by atoms with E-state index in [0.29, 0.717) is 24.2 Å². The lowest BCUT2D eigenvalue weighted by Gasteiger charge is -2.32.